The molecule has 6 heteroatoms. The zero-order valence-corrected chi connectivity index (χ0v) is 11.7. The van der Waals surface area contributed by atoms with Crippen LogP contribution in [0.3, 0.4) is 0 Å². The summed E-state index contributed by atoms with van der Waals surface area (Å²) in [5.41, 5.74) is 0.746. The highest BCUT2D eigenvalue weighted by Gasteiger charge is 2.06. The highest BCUT2D eigenvalue weighted by Crippen LogP contribution is 2.20. The highest BCUT2D eigenvalue weighted by atomic mass is 32.1. The van der Waals surface area contributed by atoms with E-state index in [4.69, 9.17) is 5.11 Å². The lowest BCUT2D eigenvalue weighted by atomic mass is 10.1. The number of aromatic nitrogens is 2. The largest absolute Gasteiger partial charge is 0.505 e. The second-order valence-electron chi connectivity index (χ2n) is 4.74. The first kappa shape index (κ1) is 13.7. The normalized spacial score (nSPS) is 10.9. The Balaban J connectivity index is 1.94. The summed E-state index contributed by atoms with van der Waals surface area (Å²) in [6, 6.07) is 4.32. The molecule has 102 valence electrons. The Kier molecular flexibility index (Phi) is 4.31. The fourth-order valence-electron chi connectivity index (χ4n) is 1.59. The van der Waals surface area contributed by atoms with Gasteiger partial charge in [0.15, 0.2) is 11.6 Å². The fourth-order valence-corrected chi connectivity index (χ4v) is 2.54. The zero-order valence-electron chi connectivity index (χ0n) is 10.9. The van der Waals surface area contributed by atoms with Crippen molar-refractivity contribution in [2.75, 3.05) is 5.32 Å². The third kappa shape index (κ3) is 3.89. The Bertz CT molecular complexity index is 557. The number of nitrogens with one attached hydrogen (secondary N) is 1. The molecule has 1 aromatic heterocycles. The van der Waals surface area contributed by atoms with Gasteiger partial charge in [-0.1, -0.05) is 31.3 Å². The van der Waals surface area contributed by atoms with E-state index in [9.17, 15) is 4.39 Å². The number of aromatic hydroxyl groups is 1. The van der Waals surface area contributed by atoms with Crippen LogP contribution >= 0.6 is 11.3 Å². The molecule has 4 nitrogen and oxygen atoms in total. The van der Waals surface area contributed by atoms with E-state index in [1.54, 1.807) is 6.07 Å². The van der Waals surface area contributed by atoms with Crippen LogP contribution in [0.15, 0.2) is 18.2 Å². The third-order valence-corrected chi connectivity index (χ3v) is 3.41. The van der Waals surface area contributed by atoms with Crippen molar-refractivity contribution >= 4 is 16.5 Å². The van der Waals surface area contributed by atoms with Crippen molar-refractivity contribution in [1.29, 1.82) is 0 Å². The Morgan fingerprint density at radius 1 is 1.37 bits per heavy atom. The van der Waals surface area contributed by atoms with Crippen molar-refractivity contribution in [3.8, 4) is 5.75 Å². The van der Waals surface area contributed by atoms with E-state index < -0.39 is 5.82 Å². The van der Waals surface area contributed by atoms with Crippen LogP contribution in [0, 0.1) is 11.7 Å². The molecule has 0 aliphatic rings. The van der Waals surface area contributed by atoms with E-state index in [0.29, 0.717) is 12.5 Å². The average molecular weight is 281 g/mol. The van der Waals surface area contributed by atoms with Gasteiger partial charge in [0.25, 0.3) is 0 Å². The van der Waals surface area contributed by atoms with Crippen molar-refractivity contribution < 1.29 is 9.50 Å². The van der Waals surface area contributed by atoms with Gasteiger partial charge in [0.05, 0.1) is 0 Å². The molecule has 1 heterocycles. The van der Waals surface area contributed by atoms with E-state index >= 15 is 0 Å². The molecule has 0 aliphatic heterocycles. The molecule has 2 aromatic rings. The van der Waals surface area contributed by atoms with Crippen molar-refractivity contribution in [3.05, 3.63) is 34.6 Å². The molecule has 0 fully saturated rings. The van der Waals surface area contributed by atoms with Crippen molar-refractivity contribution in [2.24, 2.45) is 5.92 Å². The van der Waals surface area contributed by atoms with Crippen molar-refractivity contribution in [1.82, 2.24) is 10.2 Å². The summed E-state index contributed by atoms with van der Waals surface area (Å²) in [4.78, 5) is 0. The van der Waals surface area contributed by atoms with Crippen molar-refractivity contribution in [2.45, 2.75) is 26.8 Å². The highest BCUT2D eigenvalue weighted by molar-refractivity contribution is 7.15. The van der Waals surface area contributed by atoms with Gasteiger partial charge in [-0.2, -0.15) is 0 Å². The number of anilines is 1. The van der Waals surface area contributed by atoms with Crippen LogP contribution < -0.4 is 5.32 Å². The summed E-state index contributed by atoms with van der Waals surface area (Å²) in [6.07, 6.45) is 0.910. The summed E-state index contributed by atoms with van der Waals surface area (Å²) in [6.45, 7) is 4.72. The lowest BCUT2D eigenvalue weighted by molar-refractivity contribution is 0.432. The van der Waals surface area contributed by atoms with Crippen LogP contribution in [0.2, 0.25) is 0 Å². The number of nitrogens with zero attached hydrogens (tertiary/aromatic N) is 2. The quantitative estimate of drug-likeness (QED) is 0.883. The maximum absolute atomic E-state index is 13.1. The van der Waals surface area contributed by atoms with Crippen molar-refractivity contribution in [3.63, 3.8) is 0 Å². The van der Waals surface area contributed by atoms with E-state index in [-0.39, 0.29) is 5.75 Å². The minimum atomic E-state index is -0.614. The number of rotatable bonds is 5. The molecule has 0 aliphatic carbocycles. The zero-order chi connectivity index (χ0) is 13.8. The predicted molar refractivity (Wildman–Crippen MR) is 73.8 cm³/mol. The molecule has 0 unspecified atom stereocenters. The summed E-state index contributed by atoms with van der Waals surface area (Å²) in [7, 11) is 0. The lowest BCUT2D eigenvalue weighted by Crippen LogP contribution is -1.99. The van der Waals surface area contributed by atoms with Crippen LogP contribution in [0.25, 0.3) is 0 Å². The second-order valence-corrected chi connectivity index (χ2v) is 5.80. The summed E-state index contributed by atoms with van der Waals surface area (Å²) < 4.78 is 13.1. The van der Waals surface area contributed by atoms with Gasteiger partial charge in [-0.15, -0.1) is 10.2 Å². The Hall–Kier alpha value is -1.69. The summed E-state index contributed by atoms with van der Waals surface area (Å²) >= 11 is 1.51. The Morgan fingerprint density at radius 3 is 2.84 bits per heavy atom. The number of phenolic OH excluding ortho intramolecular Hbond substituents is 1. The lowest BCUT2D eigenvalue weighted by Gasteiger charge is -2.03. The molecule has 2 rings (SSSR count). The van der Waals surface area contributed by atoms with Crippen LogP contribution in [0.5, 0.6) is 5.75 Å². The molecular formula is C13H16FN3OS. The minimum Gasteiger partial charge on any atom is -0.505 e. The van der Waals surface area contributed by atoms with E-state index in [1.165, 1.54) is 23.5 Å². The Labute approximate surface area is 115 Å². The summed E-state index contributed by atoms with van der Waals surface area (Å²) in [5, 5.41) is 22.1. The SMILES string of the molecule is CC(C)Cc1nnc(NCc2ccc(O)c(F)c2)s1. The van der Waals surface area contributed by atoms with Gasteiger partial charge < -0.3 is 10.4 Å². The molecule has 0 spiro atoms. The van der Waals surface area contributed by atoms with Crippen LogP contribution in [0.4, 0.5) is 9.52 Å². The molecule has 0 saturated carbocycles. The molecule has 19 heavy (non-hydrogen) atoms. The third-order valence-electron chi connectivity index (χ3n) is 2.51. The van der Waals surface area contributed by atoms with Gasteiger partial charge in [-0.25, -0.2) is 4.39 Å². The number of hydrogen-bond acceptors (Lipinski definition) is 5. The van der Waals surface area contributed by atoms with E-state index in [1.807, 2.05) is 0 Å². The molecule has 2 N–H and O–H groups in total. The van der Waals surface area contributed by atoms with Gasteiger partial charge in [-0.3, -0.25) is 0 Å². The molecule has 0 atom stereocenters. The fraction of sp³-hybridized carbons (Fsp3) is 0.385. The maximum Gasteiger partial charge on any atom is 0.205 e. The molecular weight excluding hydrogens is 265 g/mol. The predicted octanol–water partition coefficient (Wildman–Crippen LogP) is 3.19. The van der Waals surface area contributed by atoms with Crippen LogP contribution in [-0.2, 0) is 13.0 Å². The minimum absolute atomic E-state index is 0.334. The molecule has 0 saturated heterocycles. The first-order chi connectivity index (χ1) is 9.04. The van der Waals surface area contributed by atoms with Gasteiger partial charge in [-0.05, 0) is 23.6 Å². The first-order valence-electron chi connectivity index (χ1n) is 6.08. The summed E-state index contributed by atoms with van der Waals surface area (Å²) in [5.74, 6) is -0.400. The average Bonchev–Trinajstić information content (AvgIpc) is 2.77. The number of hydrogen-bond donors (Lipinski definition) is 2. The maximum atomic E-state index is 13.1. The molecule has 1 aromatic carbocycles. The molecule has 0 radical (unpaired) electrons. The second kappa shape index (κ2) is 5.97. The van der Waals surface area contributed by atoms with Gasteiger partial charge in [0.1, 0.15) is 5.01 Å². The first-order valence-corrected chi connectivity index (χ1v) is 6.90. The van der Waals surface area contributed by atoms with E-state index in [0.717, 1.165) is 22.1 Å². The van der Waals surface area contributed by atoms with Gasteiger partial charge in [0.2, 0.25) is 5.13 Å². The van der Waals surface area contributed by atoms with Crippen LogP contribution in [0.1, 0.15) is 24.4 Å². The molecule has 0 amide bonds. The van der Waals surface area contributed by atoms with Gasteiger partial charge in [0, 0.05) is 13.0 Å². The monoisotopic (exact) mass is 281 g/mol. The Morgan fingerprint density at radius 2 is 2.16 bits per heavy atom. The standard InChI is InChI=1S/C13H16FN3OS/c1-8(2)5-12-16-17-13(19-12)15-7-9-3-4-11(18)10(14)6-9/h3-4,6,8,18H,5,7H2,1-2H3,(H,15,17). The van der Waals surface area contributed by atoms with Gasteiger partial charge >= 0.3 is 0 Å². The topological polar surface area (TPSA) is 58.0 Å². The number of benzene rings is 1. The smallest absolute Gasteiger partial charge is 0.205 e. The van der Waals surface area contributed by atoms with Crippen LogP contribution in [-0.4, -0.2) is 15.3 Å². The number of phenols is 1. The number of halogens is 1. The van der Waals surface area contributed by atoms with E-state index in [2.05, 4.69) is 29.4 Å². The molecule has 0 bridgehead atoms.